The number of nitrogens with zero attached hydrogens (tertiary/aromatic N) is 1. The van der Waals surface area contributed by atoms with Gasteiger partial charge in [0.25, 0.3) is 0 Å². The fourth-order valence-corrected chi connectivity index (χ4v) is 2.43. The minimum atomic E-state index is -3.19. The van der Waals surface area contributed by atoms with Crippen molar-refractivity contribution in [3.8, 4) is 0 Å². The van der Waals surface area contributed by atoms with Gasteiger partial charge in [0.1, 0.15) is 9.84 Å². The van der Waals surface area contributed by atoms with Crippen LogP contribution in [0.15, 0.2) is 4.99 Å². The molecule has 0 bridgehead atoms. The van der Waals surface area contributed by atoms with E-state index in [1.807, 2.05) is 6.92 Å². The van der Waals surface area contributed by atoms with Crippen LogP contribution in [0.3, 0.4) is 0 Å². The van der Waals surface area contributed by atoms with Crippen molar-refractivity contribution < 1.29 is 16.8 Å². The number of hydrogen-bond donors (Lipinski definition) is 2. The summed E-state index contributed by atoms with van der Waals surface area (Å²) in [5.41, 5.74) is 0. The van der Waals surface area contributed by atoms with Crippen LogP contribution in [0.1, 0.15) is 27.2 Å². The van der Waals surface area contributed by atoms with Crippen molar-refractivity contribution in [2.24, 2.45) is 4.99 Å². The maximum absolute atomic E-state index is 11.6. The van der Waals surface area contributed by atoms with Gasteiger partial charge in [-0.2, -0.15) is 0 Å². The zero-order valence-corrected chi connectivity index (χ0v) is 15.2. The first-order valence-corrected chi connectivity index (χ1v) is 10.6. The maximum Gasteiger partial charge on any atom is 0.191 e. The topological polar surface area (TPSA) is 105 Å². The van der Waals surface area contributed by atoms with E-state index in [2.05, 4.69) is 15.6 Å². The van der Waals surface area contributed by atoms with Gasteiger partial charge in [-0.15, -0.1) is 0 Å². The molecule has 9 heteroatoms. The minimum Gasteiger partial charge on any atom is -0.355 e. The van der Waals surface area contributed by atoms with Crippen LogP contribution in [-0.4, -0.2) is 65.4 Å². The summed E-state index contributed by atoms with van der Waals surface area (Å²) in [5.74, 6) is 0.542. The molecule has 21 heavy (non-hydrogen) atoms. The largest absolute Gasteiger partial charge is 0.355 e. The molecule has 0 amide bonds. The summed E-state index contributed by atoms with van der Waals surface area (Å²) in [6, 6.07) is -0.0905. The molecule has 0 spiro atoms. The van der Waals surface area contributed by atoms with Crippen LogP contribution in [0.4, 0.5) is 0 Å². The molecule has 0 heterocycles. The van der Waals surface area contributed by atoms with Crippen LogP contribution in [0.25, 0.3) is 0 Å². The predicted molar refractivity (Wildman–Crippen MR) is 87.2 cm³/mol. The second-order valence-electron chi connectivity index (χ2n) is 5.92. The highest BCUT2D eigenvalue weighted by Crippen LogP contribution is 2.13. The quantitative estimate of drug-likeness (QED) is 0.491. The lowest BCUT2D eigenvalue weighted by molar-refractivity contribution is 0.540. The maximum atomic E-state index is 11.6. The zero-order valence-electron chi connectivity index (χ0n) is 13.6. The van der Waals surface area contributed by atoms with Crippen LogP contribution in [0.5, 0.6) is 0 Å². The second kappa shape index (κ2) is 7.44. The van der Waals surface area contributed by atoms with Gasteiger partial charge in [-0.25, -0.2) is 16.8 Å². The van der Waals surface area contributed by atoms with E-state index in [1.54, 1.807) is 20.9 Å². The van der Waals surface area contributed by atoms with Crippen LogP contribution in [0.2, 0.25) is 0 Å². The molecule has 0 aromatic rings. The molecule has 0 rings (SSSR count). The number of nitrogens with one attached hydrogen (secondary N) is 2. The number of aliphatic imine (C=N–C) groups is 1. The van der Waals surface area contributed by atoms with Gasteiger partial charge in [0.2, 0.25) is 0 Å². The Hall–Kier alpha value is -0.830. The highest BCUT2D eigenvalue weighted by atomic mass is 32.2. The fourth-order valence-electron chi connectivity index (χ4n) is 1.32. The summed E-state index contributed by atoms with van der Waals surface area (Å²) in [4.78, 5) is 4.01. The Bertz CT molecular complexity index is 565. The molecule has 0 saturated heterocycles. The molecule has 0 radical (unpaired) electrons. The van der Waals surface area contributed by atoms with Crippen molar-refractivity contribution in [2.75, 3.05) is 31.9 Å². The first-order chi connectivity index (χ1) is 9.28. The Labute approximate surface area is 128 Å². The van der Waals surface area contributed by atoms with Gasteiger partial charge in [-0.05, 0) is 27.2 Å². The second-order valence-corrected chi connectivity index (χ2v) is 10.8. The van der Waals surface area contributed by atoms with Crippen molar-refractivity contribution in [3.05, 3.63) is 0 Å². The van der Waals surface area contributed by atoms with E-state index in [0.29, 0.717) is 12.4 Å². The highest BCUT2D eigenvalue weighted by molar-refractivity contribution is 7.92. The molecule has 0 aliphatic carbocycles. The molecular formula is C12H27N3O4S2. The molecule has 0 aromatic carbocycles. The Balaban J connectivity index is 4.50. The van der Waals surface area contributed by atoms with Gasteiger partial charge in [-0.1, -0.05) is 0 Å². The van der Waals surface area contributed by atoms with Crippen LogP contribution in [-0.2, 0) is 19.7 Å². The van der Waals surface area contributed by atoms with Crippen LogP contribution < -0.4 is 10.6 Å². The van der Waals surface area contributed by atoms with Gasteiger partial charge in [-0.3, -0.25) is 4.99 Å². The lowest BCUT2D eigenvalue weighted by Crippen LogP contribution is -2.49. The molecule has 1 unspecified atom stereocenters. The zero-order chi connectivity index (χ0) is 16.9. The van der Waals surface area contributed by atoms with E-state index in [1.165, 1.54) is 12.5 Å². The summed E-state index contributed by atoms with van der Waals surface area (Å²) in [6.45, 7) is 5.33. The Morgan fingerprint density at radius 2 is 1.71 bits per heavy atom. The molecule has 0 fully saturated rings. The van der Waals surface area contributed by atoms with E-state index >= 15 is 0 Å². The van der Waals surface area contributed by atoms with E-state index in [4.69, 9.17) is 0 Å². The fraction of sp³-hybridized carbons (Fsp3) is 0.917. The summed E-state index contributed by atoms with van der Waals surface area (Å²) in [6.07, 6.45) is 2.84. The molecule has 2 N–H and O–H groups in total. The van der Waals surface area contributed by atoms with Crippen molar-refractivity contribution in [1.29, 1.82) is 0 Å². The number of hydrogen-bond acceptors (Lipinski definition) is 5. The number of guanidine groups is 1. The van der Waals surface area contributed by atoms with Crippen molar-refractivity contribution in [2.45, 2.75) is 38.0 Å². The molecule has 0 saturated carbocycles. The number of rotatable bonds is 7. The third kappa shape index (κ3) is 8.25. The van der Waals surface area contributed by atoms with Gasteiger partial charge in [0.15, 0.2) is 15.8 Å². The van der Waals surface area contributed by atoms with Gasteiger partial charge in [0, 0.05) is 32.1 Å². The third-order valence-electron chi connectivity index (χ3n) is 3.21. The van der Waals surface area contributed by atoms with E-state index in [-0.39, 0.29) is 18.3 Å². The summed E-state index contributed by atoms with van der Waals surface area (Å²) < 4.78 is 44.6. The molecule has 1 atom stereocenters. The standard InChI is InChI=1S/C12H27N3O4S2/c1-10(7-8-20(5,16)17)15-11(13-4)14-9-12(2,3)21(6,18)19/h10H,7-9H2,1-6H3,(H2,13,14,15). The normalized spacial score (nSPS) is 15.6. The Morgan fingerprint density at radius 1 is 1.19 bits per heavy atom. The van der Waals surface area contributed by atoms with Gasteiger partial charge in [0.05, 0.1) is 10.5 Å². The molecule has 7 nitrogen and oxygen atoms in total. The van der Waals surface area contributed by atoms with Gasteiger partial charge < -0.3 is 10.6 Å². The number of sulfone groups is 2. The molecule has 126 valence electrons. The van der Waals surface area contributed by atoms with E-state index in [9.17, 15) is 16.8 Å². The summed E-state index contributed by atoms with van der Waals surface area (Å²) in [7, 11) is -4.61. The van der Waals surface area contributed by atoms with Crippen molar-refractivity contribution in [3.63, 3.8) is 0 Å². The monoisotopic (exact) mass is 341 g/mol. The first-order valence-electron chi connectivity index (χ1n) is 6.63. The minimum absolute atomic E-state index is 0.0903. The third-order valence-corrected chi connectivity index (χ3v) is 6.34. The lowest BCUT2D eigenvalue weighted by atomic mass is 10.2. The van der Waals surface area contributed by atoms with Crippen LogP contribution in [0, 0.1) is 0 Å². The first kappa shape index (κ1) is 20.2. The molecular weight excluding hydrogens is 314 g/mol. The van der Waals surface area contributed by atoms with E-state index < -0.39 is 24.4 Å². The average Bonchev–Trinajstić information content (AvgIpc) is 2.29. The van der Waals surface area contributed by atoms with Gasteiger partial charge >= 0.3 is 0 Å². The molecule has 0 aromatic heterocycles. The lowest BCUT2D eigenvalue weighted by Gasteiger charge is -2.25. The smallest absolute Gasteiger partial charge is 0.191 e. The van der Waals surface area contributed by atoms with Crippen LogP contribution >= 0.6 is 0 Å². The Morgan fingerprint density at radius 3 is 2.10 bits per heavy atom. The molecule has 0 aliphatic heterocycles. The highest BCUT2D eigenvalue weighted by Gasteiger charge is 2.30. The SMILES string of the molecule is CN=C(NCC(C)(C)S(C)(=O)=O)NC(C)CCS(C)(=O)=O. The molecule has 0 aliphatic rings. The Kier molecular flexibility index (Phi) is 7.14. The predicted octanol–water partition coefficient (Wildman–Crippen LogP) is -0.202. The summed E-state index contributed by atoms with van der Waals surface area (Å²) in [5, 5.41) is 6.00. The average molecular weight is 341 g/mol. The summed E-state index contributed by atoms with van der Waals surface area (Å²) >= 11 is 0. The van der Waals surface area contributed by atoms with Crippen molar-refractivity contribution in [1.82, 2.24) is 10.6 Å². The van der Waals surface area contributed by atoms with Crippen molar-refractivity contribution >= 4 is 25.6 Å². The van der Waals surface area contributed by atoms with E-state index in [0.717, 1.165) is 0 Å².